The van der Waals surface area contributed by atoms with Crippen molar-refractivity contribution in [3.05, 3.63) is 95.6 Å². The van der Waals surface area contributed by atoms with Gasteiger partial charge in [-0.25, -0.2) is 4.39 Å². The van der Waals surface area contributed by atoms with Crippen LogP contribution in [0.3, 0.4) is 0 Å². The molecule has 1 unspecified atom stereocenters. The highest BCUT2D eigenvalue weighted by atomic mass is 19.1. The Kier molecular flexibility index (Phi) is 5.95. The second-order valence-corrected chi connectivity index (χ2v) is 7.04. The number of pyridine rings is 1. The van der Waals surface area contributed by atoms with Gasteiger partial charge in [-0.1, -0.05) is 30.3 Å². The molecule has 1 atom stereocenters. The van der Waals surface area contributed by atoms with Crippen molar-refractivity contribution in [2.45, 2.75) is 19.2 Å². The van der Waals surface area contributed by atoms with E-state index in [0.717, 1.165) is 37.5 Å². The molecule has 1 aliphatic heterocycles. The van der Waals surface area contributed by atoms with E-state index >= 15 is 0 Å². The monoisotopic (exact) mass is 377 g/mol. The number of benzene rings is 2. The summed E-state index contributed by atoms with van der Waals surface area (Å²) in [5.41, 5.74) is 3.40. The third-order valence-electron chi connectivity index (χ3n) is 5.03. The molecule has 0 radical (unpaired) electrons. The lowest BCUT2D eigenvalue weighted by molar-refractivity contribution is 0.153. The summed E-state index contributed by atoms with van der Waals surface area (Å²) in [6, 6.07) is 19.1. The first-order valence-corrected chi connectivity index (χ1v) is 9.59. The van der Waals surface area contributed by atoms with Crippen LogP contribution in [-0.2, 0) is 13.2 Å². The number of rotatable bonds is 6. The van der Waals surface area contributed by atoms with Crippen LogP contribution in [0.4, 0.5) is 4.39 Å². The molecule has 1 aromatic heterocycles. The van der Waals surface area contributed by atoms with Crippen LogP contribution >= 0.6 is 0 Å². The lowest BCUT2D eigenvalue weighted by Gasteiger charge is -2.36. The number of piperazine rings is 1. The van der Waals surface area contributed by atoms with Crippen molar-refractivity contribution in [1.29, 1.82) is 0 Å². The fourth-order valence-electron chi connectivity index (χ4n) is 3.55. The molecule has 0 aliphatic carbocycles. The second kappa shape index (κ2) is 8.95. The first kappa shape index (κ1) is 18.6. The summed E-state index contributed by atoms with van der Waals surface area (Å²) in [6.07, 6.45) is 3.76. The van der Waals surface area contributed by atoms with Gasteiger partial charge in [-0.3, -0.25) is 9.88 Å². The minimum atomic E-state index is -0.232. The summed E-state index contributed by atoms with van der Waals surface area (Å²) in [5, 5.41) is 3.48. The van der Waals surface area contributed by atoms with E-state index in [1.165, 1.54) is 23.3 Å². The summed E-state index contributed by atoms with van der Waals surface area (Å²) in [5.74, 6) is 0.597. The van der Waals surface area contributed by atoms with Crippen molar-refractivity contribution >= 4 is 0 Å². The lowest BCUT2D eigenvalue weighted by Crippen LogP contribution is -2.45. The number of nitrogens with zero attached hydrogens (tertiary/aromatic N) is 2. The van der Waals surface area contributed by atoms with Crippen LogP contribution in [0.1, 0.15) is 22.7 Å². The first-order valence-electron chi connectivity index (χ1n) is 9.59. The summed E-state index contributed by atoms with van der Waals surface area (Å²) < 4.78 is 18.9. The normalized spacial score (nSPS) is 17.4. The summed E-state index contributed by atoms with van der Waals surface area (Å²) in [6.45, 7) is 4.18. The van der Waals surface area contributed by atoms with Crippen molar-refractivity contribution in [3.63, 3.8) is 0 Å². The molecule has 4 rings (SSSR count). The van der Waals surface area contributed by atoms with Gasteiger partial charge in [0.1, 0.15) is 18.2 Å². The van der Waals surface area contributed by atoms with Gasteiger partial charge in [0.15, 0.2) is 0 Å². The molecule has 4 nitrogen and oxygen atoms in total. The molecule has 144 valence electrons. The predicted molar refractivity (Wildman–Crippen MR) is 107 cm³/mol. The van der Waals surface area contributed by atoms with Crippen LogP contribution in [0, 0.1) is 5.82 Å². The van der Waals surface area contributed by atoms with Crippen LogP contribution in [0.15, 0.2) is 73.1 Å². The van der Waals surface area contributed by atoms with Crippen molar-refractivity contribution in [3.8, 4) is 5.75 Å². The van der Waals surface area contributed by atoms with Crippen LogP contribution in [0.5, 0.6) is 5.75 Å². The fraction of sp³-hybridized carbons (Fsp3) is 0.261. The second-order valence-electron chi connectivity index (χ2n) is 7.04. The van der Waals surface area contributed by atoms with Gasteiger partial charge in [0.2, 0.25) is 0 Å². The van der Waals surface area contributed by atoms with E-state index in [0.29, 0.717) is 12.6 Å². The van der Waals surface area contributed by atoms with Gasteiger partial charge in [0.05, 0.1) is 0 Å². The zero-order valence-corrected chi connectivity index (χ0v) is 15.7. The zero-order chi connectivity index (χ0) is 19.2. The summed E-state index contributed by atoms with van der Waals surface area (Å²) in [7, 11) is 0. The Balaban J connectivity index is 1.42. The number of nitrogens with one attached hydrogen (secondary N) is 1. The molecule has 1 aliphatic rings. The highest BCUT2D eigenvalue weighted by molar-refractivity contribution is 5.29. The van der Waals surface area contributed by atoms with E-state index in [-0.39, 0.29) is 5.82 Å². The van der Waals surface area contributed by atoms with Crippen molar-refractivity contribution in [1.82, 2.24) is 15.2 Å². The predicted octanol–water partition coefficient (Wildman–Crippen LogP) is 3.95. The molecule has 1 saturated heterocycles. The highest BCUT2D eigenvalue weighted by Gasteiger charge is 2.23. The number of ether oxygens (including phenoxy) is 1. The van der Waals surface area contributed by atoms with Gasteiger partial charge in [-0.15, -0.1) is 0 Å². The van der Waals surface area contributed by atoms with Crippen LogP contribution in [-0.4, -0.2) is 29.5 Å². The van der Waals surface area contributed by atoms with Crippen molar-refractivity contribution in [2.75, 3.05) is 19.6 Å². The molecule has 3 aromatic rings. The zero-order valence-electron chi connectivity index (χ0n) is 15.7. The number of hydrogen-bond acceptors (Lipinski definition) is 4. The minimum Gasteiger partial charge on any atom is -0.489 e. The number of aromatic nitrogens is 1. The van der Waals surface area contributed by atoms with E-state index < -0.39 is 0 Å². The maximum Gasteiger partial charge on any atom is 0.123 e. The van der Waals surface area contributed by atoms with Crippen LogP contribution < -0.4 is 10.1 Å². The maximum absolute atomic E-state index is 13.0. The molecular formula is C23H24FN3O. The Hall–Kier alpha value is -2.76. The quantitative estimate of drug-likeness (QED) is 0.706. The van der Waals surface area contributed by atoms with E-state index in [1.807, 2.05) is 30.6 Å². The molecule has 0 bridgehead atoms. The third kappa shape index (κ3) is 4.74. The molecule has 1 fully saturated rings. The Morgan fingerprint density at radius 3 is 2.79 bits per heavy atom. The molecule has 28 heavy (non-hydrogen) atoms. The molecule has 0 amide bonds. The molecule has 0 saturated carbocycles. The molecule has 2 heterocycles. The first-order chi connectivity index (χ1) is 13.8. The smallest absolute Gasteiger partial charge is 0.123 e. The van der Waals surface area contributed by atoms with E-state index in [4.69, 9.17) is 4.74 Å². The third-order valence-corrected chi connectivity index (χ3v) is 5.03. The van der Waals surface area contributed by atoms with Gasteiger partial charge in [-0.05, 0) is 47.0 Å². The van der Waals surface area contributed by atoms with Gasteiger partial charge >= 0.3 is 0 Å². The topological polar surface area (TPSA) is 37.4 Å². The average Bonchev–Trinajstić information content (AvgIpc) is 2.75. The molecule has 0 spiro atoms. The molecule has 2 aromatic carbocycles. The SMILES string of the molecule is Fc1ccc(COc2cccc(CN3CCNCC3c3cccnc3)c2)cc1. The maximum atomic E-state index is 13.0. The largest absolute Gasteiger partial charge is 0.489 e. The Morgan fingerprint density at radius 2 is 1.96 bits per heavy atom. The van der Waals surface area contributed by atoms with E-state index in [1.54, 1.807) is 12.1 Å². The Morgan fingerprint density at radius 1 is 1.07 bits per heavy atom. The summed E-state index contributed by atoms with van der Waals surface area (Å²) >= 11 is 0. The number of hydrogen-bond donors (Lipinski definition) is 1. The molecular weight excluding hydrogens is 353 g/mol. The number of halogens is 1. The van der Waals surface area contributed by atoms with Gasteiger partial charge < -0.3 is 10.1 Å². The molecule has 1 N–H and O–H groups in total. The van der Waals surface area contributed by atoms with Gasteiger partial charge in [0.25, 0.3) is 0 Å². The minimum absolute atomic E-state index is 0.232. The van der Waals surface area contributed by atoms with Gasteiger partial charge in [0, 0.05) is 44.6 Å². The Labute approximate surface area is 165 Å². The highest BCUT2D eigenvalue weighted by Crippen LogP contribution is 2.25. The molecule has 5 heteroatoms. The lowest BCUT2D eigenvalue weighted by atomic mass is 10.0. The van der Waals surface area contributed by atoms with E-state index in [9.17, 15) is 4.39 Å². The standard InChI is InChI=1S/C23H24FN3O/c24-21-8-6-18(7-9-21)17-28-22-5-1-3-19(13-22)16-27-12-11-26-15-23(27)20-4-2-10-25-14-20/h1-10,13-14,23,26H,11-12,15-17H2. The fourth-order valence-corrected chi connectivity index (χ4v) is 3.55. The average molecular weight is 377 g/mol. The van der Waals surface area contributed by atoms with Crippen molar-refractivity contribution in [2.24, 2.45) is 0 Å². The van der Waals surface area contributed by atoms with E-state index in [2.05, 4.69) is 33.4 Å². The van der Waals surface area contributed by atoms with Crippen LogP contribution in [0.25, 0.3) is 0 Å². The van der Waals surface area contributed by atoms with Crippen LogP contribution in [0.2, 0.25) is 0 Å². The van der Waals surface area contributed by atoms with Gasteiger partial charge in [-0.2, -0.15) is 0 Å². The van der Waals surface area contributed by atoms with Crippen molar-refractivity contribution < 1.29 is 9.13 Å². The Bertz CT molecular complexity index is 886. The summed E-state index contributed by atoms with van der Waals surface area (Å²) in [4.78, 5) is 6.75.